The molecule has 7 heteroatoms. The van der Waals surface area contributed by atoms with E-state index in [1.54, 1.807) is 24.3 Å². The summed E-state index contributed by atoms with van der Waals surface area (Å²) in [5.74, 6) is -0.150. The number of nitrogen functional groups attached to an aromatic ring is 1. The molecule has 0 spiro atoms. The van der Waals surface area contributed by atoms with Crippen molar-refractivity contribution in [3.8, 4) is 0 Å². The van der Waals surface area contributed by atoms with Crippen molar-refractivity contribution in [3.05, 3.63) is 59.7 Å². The Hall–Kier alpha value is -1.79. The minimum atomic E-state index is -0.150. The molecule has 3 rings (SSSR count). The molecular weight excluding hydrogens is 373 g/mol. The van der Waals surface area contributed by atoms with E-state index in [1.807, 2.05) is 12.1 Å². The van der Waals surface area contributed by atoms with Crippen molar-refractivity contribution in [2.75, 3.05) is 43.9 Å². The van der Waals surface area contributed by atoms with Gasteiger partial charge >= 0.3 is 0 Å². The smallest absolute Gasteiger partial charge is 0.255 e. The molecule has 1 amide bonds. The highest BCUT2D eigenvalue weighted by molar-refractivity contribution is 6.04. The first kappa shape index (κ1) is 22.3. The lowest BCUT2D eigenvalue weighted by molar-refractivity contribution is 0.0384. The minimum Gasteiger partial charge on any atom is -0.399 e. The third-order valence-electron chi connectivity index (χ3n) is 4.18. The molecule has 26 heavy (non-hydrogen) atoms. The lowest BCUT2D eigenvalue weighted by Gasteiger charge is -2.26. The molecule has 1 aliphatic heterocycles. The average molecular weight is 398 g/mol. The lowest BCUT2D eigenvalue weighted by Crippen LogP contribution is -2.37. The number of carbonyl (C=O) groups is 1. The van der Waals surface area contributed by atoms with Crippen LogP contribution in [0.15, 0.2) is 48.5 Å². The van der Waals surface area contributed by atoms with Gasteiger partial charge < -0.3 is 15.8 Å². The number of nitrogens with zero attached hydrogens (tertiary/aromatic N) is 1. The Morgan fingerprint density at radius 2 is 1.77 bits per heavy atom. The fraction of sp³-hybridized carbons (Fsp3) is 0.316. The maximum Gasteiger partial charge on any atom is 0.255 e. The van der Waals surface area contributed by atoms with Gasteiger partial charge in [0.05, 0.1) is 13.2 Å². The van der Waals surface area contributed by atoms with Gasteiger partial charge in [-0.2, -0.15) is 0 Å². The zero-order chi connectivity index (χ0) is 16.8. The van der Waals surface area contributed by atoms with Crippen LogP contribution in [0.4, 0.5) is 11.4 Å². The van der Waals surface area contributed by atoms with Crippen molar-refractivity contribution in [1.29, 1.82) is 0 Å². The first-order chi connectivity index (χ1) is 11.7. The first-order valence-electron chi connectivity index (χ1n) is 8.27. The monoisotopic (exact) mass is 397 g/mol. The SMILES string of the molecule is Cl.Cl.Nc1cccc(C(=O)Nc2ccc(CCN3CCOCC3)cc2)c1. The number of hydrogen-bond acceptors (Lipinski definition) is 4. The molecule has 1 saturated heterocycles. The molecule has 0 atom stereocenters. The van der Waals surface area contributed by atoms with E-state index in [4.69, 9.17) is 10.5 Å². The van der Waals surface area contributed by atoms with Crippen LogP contribution in [0.2, 0.25) is 0 Å². The van der Waals surface area contributed by atoms with E-state index in [0.29, 0.717) is 11.3 Å². The van der Waals surface area contributed by atoms with Crippen LogP contribution in [0.5, 0.6) is 0 Å². The summed E-state index contributed by atoms with van der Waals surface area (Å²) in [4.78, 5) is 14.6. The molecule has 2 aromatic carbocycles. The summed E-state index contributed by atoms with van der Waals surface area (Å²) in [6, 6.07) is 15.0. The van der Waals surface area contributed by atoms with E-state index in [2.05, 4.69) is 22.3 Å². The van der Waals surface area contributed by atoms with Crippen LogP contribution < -0.4 is 11.1 Å². The molecule has 1 fully saturated rings. The largest absolute Gasteiger partial charge is 0.399 e. The summed E-state index contributed by atoms with van der Waals surface area (Å²) in [6.45, 7) is 4.71. The van der Waals surface area contributed by atoms with E-state index in [-0.39, 0.29) is 30.7 Å². The topological polar surface area (TPSA) is 67.6 Å². The van der Waals surface area contributed by atoms with Crippen LogP contribution >= 0.6 is 24.8 Å². The number of amides is 1. The standard InChI is InChI=1S/C19H23N3O2.2ClH/c20-17-3-1-2-16(14-17)19(23)21-18-6-4-15(5-7-18)8-9-22-10-12-24-13-11-22;;/h1-7,14H,8-13,20H2,(H,21,23);2*1H. The van der Waals surface area contributed by atoms with Gasteiger partial charge in [-0.05, 0) is 42.3 Å². The van der Waals surface area contributed by atoms with Crippen molar-refractivity contribution in [2.45, 2.75) is 6.42 Å². The number of halogens is 2. The number of ether oxygens (including phenoxy) is 1. The second-order valence-electron chi connectivity index (χ2n) is 5.98. The van der Waals surface area contributed by atoms with Crippen molar-refractivity contribution in [1.82, 2.24) is 4.90 Å². The predicted molar refractivity (Wildman–Crippen MR) is 111 cm³/mol. The second kappa shape index (κ2) is 11.0. The molecule has 142 valence electrons. The molecule has 1 heterocycles. The number of nitrogens with two attached hydrogens (primary N) is 1. The fourth-order valence-corrected chi connectivity index (χ4v) is 2.75. The molecule has 5 nitrogen and oxygen atoms in total. The molecule has 0 aliphatic carbocycles. The van der Waals surface area contributed by atoms with Gasteiger partial charge in [0.25, 0.3) is 5.91 Å². The van der Waals surface area contributed by atoms with Crippen LogP contribution in [-0.2, 0) is 11.2 Å². The summed E-state index contributed by atoms with van der Waals surface area (Å²) >= 11 is 0. The predicted octanol–water partition coefficient (Wildman–Crippen LogP) is 3.24. The number of anilines is 2. The number of nitrogens with one attached hydrogen (secondary N) is 1. The zero-order valence-electron chi connectivity index (χ0n) is 14.5. The van der Waals surface area contributed by atoms with Gasteiger partial charge in [0.15, 0.2) is 0 Å². The highest BCUT2D eigenvalue weighted by Crippen LogP contribution is 2.14. The van der Waals surface area contributed by atoms with Crippen LogP contribution in [0.25, 0.3) is 0 Å². The molecular formula is C19H25Cl2N3O2. The quantitative estimate of drug-likeness (QED) is 0.759. The number of benzene rings is 2. The van der Waals surface area contributed by atoms with E-state index < -0.39 is 0 Å². The number of rotatable bonds is 5. The normalized spacial score (nSPS) is 14.0. The van der Waals surface area contributed by atoms with Crippen molar-refractivity contribution >= 4 is 42.1 Å². The van der Waals surface area contributed by atoms with Gasteiger partial charge in [-0.25, -0.2) is 0 Å². The Kier molecular flexibility index (Phi) is 9.44. The first-order valence-corrected chi connectivity index (χ1v) is 8.27. The molecule has 0 saturated carbocycles. The summed E-state index contributed by atoms with van der Waals surface area (Å²) in [6.07, 6.45) is 1.00. The summed E-state index contributed by atoms with van der Waals surface area (Å²) < 4.78 is 5.36. The molecule has 1 aliphatic rings. The summed E-state index contributed by atoms with van der Waals surface area (Å²) in [7, 11) is 0. The van der Waals surface area contributed by atoms with Crippen molar-refractivity contribution < 1.29 is 9.53 Å². The third-order valence-corrected chi connectivity index (χ3v) is 4.18. The Morgan fingerprint density at radius 1 is 1.08 bits per heavy atom. The van der Waals surface area contributed by atoms with Gasteiger partial charge in [0.2, 0.25) is 0 Å². The minimum absolute atomic E-state index is 0. The molecule has 0 radical (unpaired) electrons. The van der Waals surface area contributed by atoms with Crippen molar-refractivity contribution in [2.24, 2.45) is 0 Å². The van der Waals surface area contributed by atoms with Gasteiger partial charge in [0.1, 0.15) is 0 Å². The van der Waals surface area contributed by atoms with E-state index in [1.165, 1.54) is 5.56 Å². The summed E-state index contributed by atoms with van der Waals surface area (Å²) in [5, 5.41) is 2.90. The van der Waals surface area contributed by atoms with Gasteiger partial charge in [-0.3, -0.25) is 9.69 Å². The number of carbonyl (C=O) groups excluding carboxylic acids is 1. The van der Waals surface area contributed by atoms with Crippen LogP contribution in [-0.4, -0.2) is 43.7 Å². The Labute approximate surface area is 166 Å². The molecule has 0 bridgehead atoms. The molecule has 3 N–H and O–H groups in total. The number of morpholine rings is 1. The lowest BCUT2D eigenvalue weighted by atomic mass is 10.1. The van der Waals surface area contributed by atoms with E-state index in [0.717, 1.165) is 45.0 Å². The maximum atomic E-state index is 12.2. The molecule has 2 aromatic rings. The Morgan fingerprint density at radius 3 is 2.42 bits per heavy atom. The van der Waals surface area contributed by atoms with Gasteiger partial charge in [-0.15, -0.1) is 24.8 Å². The van der Waals surface area contributed by atoms with Crippen molar-refractivity contribution in [3.63, 3.8) is 0 Å². The Bertz CT molecular complexity index is 689. The molecule has 0 unspecified atom stereocenters. The zero-order valence-corrected chi connectivity index (χ0v) is 16.2. The maximum absolute atomic E-state index is 12.2. The van der Waals surface area contributed by atoms with Crippen LogP contribution in [0.1, 0.15) is 15.9 Å². The van der Waals surface area contributed by atoms with Gasteiger partial charge in [0, 0.05) is 36.6 Å². The van der Waals surface area contributed by atoms with E-state index in [9.17, 15) is 4.79 Å². The number of hydrogen-bond donors (Lipinski definition) is 2. The van der Waals surface area contributed by atoms with Crippen LogP contribution in [0, 0.1) is 0 Å². The average Bonchev–Trinajstić information content (AvgIpc) is 2.62. The summed E-state index contributed by atoms with van der Waals surface area (Å²) in [5.41, 5.74) is 8.91. The fourth-order valence-electron chi connectivity index (χ4n) is 2.75. The molecule has 0 aromatic heterocycles. The highest BCUT2D eigenvalue weighted by Gasteiger charge is 2.10. The highest BCUT2D eigenvalue weighted by atomic mass is 35.5. The van der Waals surface area contributed by atoms with Gasteiger partial charge in [-0.1, -0.05) is 18.2 Å². The van der Waals surface area contributed by atoms with Crippen LogP contribution in [0.3, 0.4) is 0 Å². The third kappa shape index (κ3) is 6.50. The Balaban J connectivity index is 0.00000169. The second-order valence-corrected chi connectivity index (χ2v) is 5.98. The van der Waals surface area contributed by atoms with E-state index >= 15 is 0 Å².